The van der Waals surface area contributed by atoms with Crippen LogP contribution < -0.4 is 4.31 Å². The summed E-state index contributed by atoms with van der Waals surface area (Å²) in [4.78, 5) is 3.61. The van der Waals surface area contributed by atoms with E-state index in [1.165, 1.54) is 16.6 Å². The minimum Gasteiger partial charge on any atom is -0.269 e. The first-order valence-corrected chi connectivity index (χ1v) is 5.81. The van der Waals surface area contributed by atoms with Crippen molar-refractivity contribution in [1.82, 2.24) is 4.98 Å². The van der Waals surface area contributed by atoms with Crippen molar-refractivity contribution in [2.45, 2.75) is 6.42 Å². The van der Waals surface area contributed by atoms with Crippen LogP contribution >= 0.6 is 0 Å². The molecule has 4 nitrogen and oxygen atoms in total. The SMILES string of the molecule is O=S1(=O)CCCN1c1cncc(F)c1. The number of halogens is 1. The molecule has 0 bridgehead atoms. The molecule has 14 heavy (non-hydrogen) atoms. The van der Waals surface area contributed by atoms with Crippen molar-refractivity contribution in [3.05, 3.63) is 24.3 Å². The molecule has 1 aliphatic rings. The van der Waals surface area contributed by atoms with Crippen LogP contribution in [0.3, 0.4) is 0 Å². The Bertz CT molecular complexity index is 446. The van der Waals surface area contributed by atoms with Crippen LogP contribution in [0, 0.1) is 5.82 Å². The Morgan fingerprint density at radius 2 is 2.21 bits per heavy atom. The summed E-state index contributed by atoms with van der Waals surface area (Å²) in [7, 11) is -3.23. The van der Waals surface area contributed by atoms with Gasteiger partial charge in [0.05, 0.1) is 23.8 Å². The molecule has 76 valence electrons. The third-order valence-corrected chi connectivity index (χ3v) is 3.95. The molecule has 1 fully saturated rings. The highest BCUT2D eigenvalue weighted by molar-refractivity contribution is 7.93. The van der Waals surface area contributed by atoms with Crippen LogP contribution in [0.15, 0.2) is 18.5 Å². The molecule has 0 radical (unpaired) electrons. The lowest BCUT2D eigenvalue weighted by Crippen LogP contribution is -2.25. The van der Waals surface area contributed by atoms with E-state index in [4.69, 9.17) is 0 Å². The highest BCUT2D eigenvalue weighted by Crippen LogP contribution is 2.23. The molecule has 1 aliphatic heterocycles. The topological polar surface area (TPSA) is 50.3 Å². The zero-order valence-electron chi connectivity index (χ0n) is 7.35. The standard InChI is InChI=1S/C8H9FN2O2S/c9-7-4-8(6-10-5-7)11-2-1-3-14(11,12)13/h4-6H,1-3H2. The number of anilines is 1. The van der Waals surface area contributed by atoms with Crippen molar-refractivity contribution in [3.63, 3.8) is 0 Å². The molecule has 0 unspecified atom stereocenters. The third kappa shape index (κ3) is 1.57. The van der Waals surface area contributed by atoms with Crippen LogP contribution in [0.25, 0.3) is 0 Å². The summed E-state index contributed by atoms with van der Waals surface area (Å²) in [5, 5.41) is 0. The van der Waals surface area contributed by atoms with E-state index in [1.807, 2.05) is 0 Å². The van der Waals surface area contributed by atoms with Gasteiger partial charge in [0, 0.05) is 12.6 Å². The molecule has 0 spiro atoms. The largest absolute Gasteiger partial charge is 0.269 e. The number of nitrogens with zero attached hydrogens (tertiary/aromatic N) is 2. The van der Waals surface area contributed by atoms with Crippen molar-refractivity contribution in [3.8, 4) is 0 Å². The van der Waals surface area contributed by atoms with Crippen molar-refractivity contribution in [2.75, 3.05) is 16.6 Å². The Balaban J connectivity index is 2.41. The summed E-state index contributed by atoms with van der Waals surface area (Å²) in [5.41, 5.74) is 0.308. The maximum absolute atomic E-state index is 12.8. The van der Waals surface area contributed by atoms with Crippen molar-refractivity contribution < 1.29 is 12.8 Å². The maximum atomic E-state index is 12.8. The lowest BCUT2D eigenvalue weighted by molar-refractivity contribution is 0.599. The van der Waals surface area contributed by atoms with Gasteiger partial charge in [-0.2, -0.15) is 0 Å². The van der Waals surface area contributed by atoms with Crippen LogP contribution in [0.1, 0.15) is 6.42 Å². The van der Waals surface area contributed by atoms with Gasteiger partial charge in [-0.15, -0.1) is 0 Å². The second kappa shape index (κ2) is 3.20. The Labute approximate surface area is 81.4 Å². The van der Waals surface area contributed by atoms with E-state index in [9.17, 15) is 12.8 Å². The normalized spacial score (nSPS) is 19.9. The van der Waals surface area contributed by atoms with E-state index in [1.54, 1.807) is 0 Å². The molecule has 0 atom stereocenters. The van der Waals surface area contributed by atoms with E-state index in [0.717, 1.165) is 6.20 Å². The summed E-state index contributed by atoms with van der Waals surface area (Å²) in [6, 6.07) is 1.18. The zero-order valence-corrected chi connectivity index (χ0v) is 8.17. The predicted octanol–water partition coefficient (Wildman–Crippen LogP) is 0.761. The third-order valence-electron chi connectivity index (χ3n) is 2.08. The smallest absolute Gasteiger partial charge is 0.235 e. The van der Waals surface area contributed by atoms with Crippen LogP contribution in [-0.2, 0) is 10.0 Å². The van der Waals surface area contributed by atoms with Gasteiger partial charge in [-0.25, -0.2) is 12.8 Å². The monoisotopic (exact) mass is 216 g/mol. The summed E-state index contributed by atoms with van der Waals surface area (Å²) in [5.74, 6) is -0.395. The second-order valence-electron chi connectivity index (χ2n) is 3.10. The van der Waals surface area contributed by atoms with E-state index in [0.29, 0.717) is 18.7 Å². The lowest BCUT2D eigenvalue weighted by Gasteiger charge is -2.15. The first-order valence-electron chi connectivity index (χ1n) is 4.20. The van der Waals surface area contributed by atoms with Gasteiger partial charge in [-0.3, -0.25) is 9.29 Å². The van der Waals surface area contributed by atoms with Gasteiger partial charge in [-0.05, 0) is 6.42 Å². The predicted molar refractivity (Wildman–Crippen MR) is 49.9 cm³/mol. The van der Waals surface area contributed by atoms with Gasteiger partial charge in [-0.1, -0.05) is 0 Å². The van der Waals surface area contributed by atoms with Gasteiger partial charge >= 0.3 is 0 Å². The van der Waals surface area contributed by atoms with Crippen molar-refractivity contribution >= 4 is 15.7 Å². The fourth-order valence-corrected chi connectivity index (χ4v) is 3.01. The zero-order chi connectivity index (χ0) is 10.2. The molecule has 0 saturated carbocycles. The van der Waals surface area contributed by atoms with Crippen LogP contribution in [-0.4, -0.2) is 25.7 Å². The molecule has 0 aliphatic carbocycles. The minimum absolute atomic E-state index is 0.128. The molecule has 1 aromatic rings. The van der Waals surface area contributed by atoms with Crippen molar-refractivity contribution in [2.24, 2.45) is 0 Å². The molecular weight excluding hydrogens is 207 g/mol. The van der Waals surface area contributed by atoms with Gasteiger partial charge in [0.2, 0.25) is 10.0 Å². The number of hydrogen-bond donors (Lipinski definition) is 0. The first kappa shape index (κ1) is 9.39. The Kier molecular flexibility index (Phi) is 2.14. The molecular formula is C8H9FN2O2S. The molecule has 0 N–H and O–H groups in total. The number of rotatable bonds is 1. The molecule has 1 aromatic heterocycles. The average molecular weight is 216 g/mol. The average Bonchev–Trinajstić information content (AvgIpc) is 2.45. The van der Waals surface area contributed by atoms with Crippen LogP contribution in [0.2, 0.25) is 0 Å². The summed E-state index contributed by atoms with van der Waals surface area (Å²) in [6.45, 7) is 0.410. The molecule has 2 heterocycles. The summed E-state index contributed by atoms with van der Waals surface area (Å²) < 4.78 is 36.9. The number of sulfonamides is 1. The van der Waals surface area contributed by atoms with Crippen LogP contribution in [0.4, 0.5) is 10.1 Å². The van der Waals surface area contributed by atoms with Gasteiger partial charge in [0.1, 0.15) is 5.82 Å². The number of pyridine rings is 1. The second-order valence-corrected chi connectivity index (χ2v) is 5.12. The van der Waals surface area contributed by atoms with E-state index in [-0.39, 0.29) is 5.75 Å². The highest BCUT2D eigenvalue weighted by atomic mass is 32.2. The maximum Gasteiger partial charge on any atom is 0.235 e. The molecule has 2 rings (SSSR count). The summed E-state index contributed by atoms with van der Waals surface area (Å²) in [6.07, 6.45) is 2.98. The Morgan fingerprint density at radius 1 is 1.43 bits per heavy atom. The van der Waals surface area contributed by atoms with Gasteiger partial charge in [0.15, 0.2) is 0 Å². The minimum atomic E-state index is -3.23. The summed E-state index contributed by atoms with van der Waals surface area (Å²) >= 11 is 0. The highest BCUT2D eigenvalue weighted by Gasteiger charge is 2.28. The van der Waals surface area contributed by atoms with Gasteiger partial charge < -0.3 is 0 Å². The van der Waals surface area contributed by atoms with E-state index in [2.05, 4.69) is 4.98 Å². The number of hydrogen-bond acceptors (Lipinski definition) is 3. The molecule has 0 amide bonds. The van der Waals surface area contributed by atoms with Crippen LogP contribution in [0.5, 0.6) is 0 Å². The quantitative estimate of drug-likeness (QED) is 0.696. The number of aromatic nitrogens is 1. The van der Waals surface area contributed by atoms with Crippen molar-refractivity contribution in [1.29, 1.82) is 0 Å². The molecule has 6 heteroatoms. The van der Waals surface area contributed by atoms with Gasteiger partial charge in [0.25, 0.3) is 0 Å². The Hall–Kier alpha value is -1.17. The lowest BCUT2D eigenvalue weighted by atomic mass is 10.4. The van der Waals surface area contributed by atoms with E-state index >= 15 is 0 Å². The fraction of sp³-hybridized carbons (Fsp3) is 0.375. The first-order chi connectivity index (χ1) is 6.59. The van der Waals surface area contributed by atoms with E-state index < -0.39 is 15.8 Å². The molecule has 1 saturated heterocycles. The fourth-order valence-electron chi connectivity index (χ4n) is 1.47. The Morgan fingerprint density at radius 3 is 2.79 bits per heavy atom. The molecule has 0 aromatic carbocycles.